The van der Waals surface area contributed by atoms with E-state index in [9.17, 15) is 4.79 Å². The monoisotopic (exact) mass is 325 g/mol. The Bertz CT molecular complexity index is 820. The molecule has 2 heterocycles. The van der Waals surface area contributed by atoms with Gasteiger partial charge in [-0.25, -0.2) is 9.97 Å². The largest absolute Gasteiger partial charge is 0.354 e. The van der Waals surface area contributed by atoms with Gasteiger partial charge in [-0.1, -0.05) is 12.1 Å². The molecule has 0 unspecified atom stereocenters. The van der Waals surface area contributed by atoms with Crippen LogP contribution < -0.4 is 5.32 Å². The van der Waals surface area contributed by atoms with Crippen molar-refractivity contribution in [2.45, 2.75) is 39.3 Å². The van der Waals surface area contributed by atoms with Crippen LogP contribution in [-0.4, -0.2) is 31.6 Å². The first-order valence-electron chi connectivity index (χ1n) is 8.34. The third kappa shape index (κ3) is 3.48. The summed E-state index contributed by atoms with van der Waals surface area (Å²) in [4.78, 5) is 20.9. The fraction of sp³-hybridized carbons (Fsp3) is 0.389. The van der Waals surface area contributed by atoms with Crippen LogP contribution in [0.25, 0.3) is 11.0 Å². The van der Waals surface area contributed by atoms with Gasteiger partial charge in [0.15, 0.2) is 0 Å². The molecule has 0 spiro atoms. The van der Waals surface area contributed by atoms with Gasteiger partial charge in [-0.05, 0) is 38.8 Å². The van der Waals surface area contributed by atoms with E-state index in [1.54, 1.807) is 6.33 Å². The van der Waals surface area contributed by atoms with E-state index in [2.05, 4.69) is 19.9 Å². The molecule has 1 atom stereocenters. The smallest absolute Gasteiger partial charge is 0.242 e. The maximum atomic E-state index is 12.4. The number of benzene rings is 1. The lowest BCUT2D eigenvalue weighted by Crippen LogP contribution is -2.31. The molecule has 0 radical (unpaired) electrons. The Morgan fingerprint density at radius 1 is 1.25 bits per heavy atom. The molecule has 0 saturated carbocycles. The maximum Gasteiger partial charge on any atom is 0.242 e. The number of hydrogen-bond donors (Lipinski definition) is 1. The number of unbranched alkanes of at least 4 members (excludes halogenated alkanes) is 1. The molecule has 0 aliphatic heterocycles. The summed E-state index contributed by atoms with van der Waals surface area (Å²) >= 11 is 0. The molecule has 24 heavy (non-hydrogen) atoms. The van der Waals surface area contributed by atoms with Gasteiger partial charge in [-0.2, -0.15) is 0 Å². The van der Waals surface area contributed by atoms with Crippen molar-refractivity contribution >= 4 is 16.9 Å². The molecule has 0 aliphatic carbocycles. The lowest BCUT2D eigenvalue weighted by Gasteiger charge is -2.14. The number of carbonyl (C=O) groups is 1. The number of aryl methyl sites for hydroxylation is 2. The first-order valence-corrected chi connectivity index (χ1v) is 8.34. The molecule has 1 N–H and O–H groups in total. The fourth-order valence-electron chi connectivity index (χ4n) is 2.82. The normalized spacial score (nSPS) is 12.4. The van der Waals surface area contributed by atoms with E-state index in [0.717, 1.165) is 36.2 Å². The summed E-state index contributed by atoms with van der Waals surface area (Å²) in [6, 6.07) is 7.58. The Balaban J connectivity index is 1.47. The third-order valence-electron chi connectivity index (χ3n) is 4.33. The standard InChI is InChI=1S/C18H23N5O/c1-14(23-13-21-16-7-3-4-8-17(16)23)18(24)20-9-5-6-11-22-12-10-19-15(22)2/h3-4,7-8,10,12-14H,5-6,9,11H2,1-2H3,(H,20,24)/t14-/m1/s1. The highest BCUT2D eigenvalue weighted by Gasteiger charge is 2.16. The van der Waals surface area contributed by atoms with Crippen molar-refractivity contribution in [3.05, 3.63) is 48.8 Å². The number of amides is 1. The highest BCUT2D eigenvalue weighted by atomic mass is 16.2. The van der Waals surface area contributed by atoms with Crippen LogP contribution in [0.4, 0.5) is 0 Å². The van der Waals surface area contributed by atoms with Gasteiger partial charge >= 0.3 is 0 Å². The summed E-state index contributed by atoms with van der Waals surface area (Å²) in [7, 11) is 0. The van der Waals surface area contributed by atoms with Gasteiger partial charge in [0.05, 0.1) is 17.4 Å². The average molecular weight is 325 g/mol. The number of nitrogens with zero attached hydrogens (tertiary/aromatic N) is 4. The molecule has 1 amide bonds. The minimum atomic E-state index is -0.270. The summed E-state index contributed by atoms with van der Waals surface area (Å²) < 4.78 is 4.04. The van der Waals surface area contributed by atoms with E-state index >= 15 is 0 Å². The quantitative estimate of drug-likeness (QED) is 0.679. The zero-order chi connectivity index (χ0) is 16.9. The predicted octanol–water partition coefficient (Wildman–Crippen LogP) is 2.70. The molecule has 126 valence electrons. The molecular formula is C18H23N5O. The van der Waals surface area contributed by atoms with Gasteiger partial charge in [-0.3, -0.25) is 4.79 Å². The first kappa shape index (κ1) is 16.2. The van der Waals surface area contributed by atoms with E-state index in [0.29, 0.717) is 6.54 Å². The van der Waals surface area contributed by atoms with Crippen molar-refractivity contribution < 1.29 is 4.79 Å². The first-order chi connectivity index (χ1) is 11.7. The summed E-state index contributed by atoms with van der Waals surface area (Å²) in [5, 5.41) is 3.02. The molecule has 6 nitrogen and oxygen atoms in total. The summed E-state index contributed by atoms with van der Waals surface area (Å²) in [5.41, 5.74) is 1.89. The van der Waals surface area contributed by atoms with Crippen molar-refractivity contribution in [3.8, 4) is 0 Å². The lowest BCUT2D eigenvalue weighted by atomic mass is 10.2. The molecular weight excluding hydrogens is 302 g/mol. The number of imidazole rings is 2. The number of rotatable bonds is 7. The highest BCUT2D eigenvalue weighted by molar-refractivity contribution is 5.83. The van der Waals surface area contributed by atoms with Crippen molar-refractivity contribution in [1.29, 1.82) is 0 Å². The molecule has 3 rings (SSSR count). The number of fused-ring (bicyclic) bond motifs is 1. The average Bonchev–Trinajstić information content (AvgIpc) is 3.20. The Hall–Kier alpha value is -2.63. The number of para-hydroxylation sites is 2. The van der Waals surface area contributed by atoms with Crippen LogP contribution in [0.5, 0.6) is 0 Å². The van der Waals surface area contributed by atoms with Crippen LogP contribution in [0.1, 0.15) is 31.6 Å². The van der Waals surface area contributed by atoms with Gasteiger partial charge in [0.25, 0.3) is 0 Å². The van der Waals surface area contributed by atoms with Crippen LogP contribution in [0.2, 0.25) is 0 Å². The van der Waals surface area contributed by atoms with Crippen LogP contribution in [0.15, 0.2) is 43.0 Å². The van der Waals surface area contributed by atoms with Crippen LogP contribution in [0, 0.1) is 6.92 Å². The van der Waals surface area contributed by atoms with E-state index in [1.165, 1.54) is 0 Å². The molecule has 2 aromatic heterocycles. The summed E-state index contributed by atoms with van der Waals surface area (Å²) in [6.07, 6.45) is 7.49. The zero-order valence-electron chi connectivity index (χ0n) is 14.1. The van der Waals surface area contributed by atoms with E-state index in [1.807, 2.05) is 55.1 Å². The van der Waals surface area contributed by atoms with Gasteiger partial charge in [-0.15, -0.1) is 0 Å². The zero-order valence-corrected chi connectivity index (χ0v) is 14.1. The van der Waals surface area contributed by atoms with Crippen molar-refractivity contribution in [2.75, 3.05) is 6.54 Å². The Labute approximate surface area is 141 Å². The number of aromatic nitrogens is 4. The molecule has 1 aromatic carbocycles. The molecule has 6 heteroatoms. The summed E-state index contributed by atoms with van der Waals surface area (Å²) in [6.45, 7) is 5.52. The van der Waals surface area contributed by atoms with Crippen molar-refractivity contribution in [1.82, 2.24) is 24.4 Å². The molecule has 0 fully saturated rings. The number of hydrogen-bond acceptors (Lipinski definition) is 3. The second-order valence-electron chi connectivity index (χ2n) is 5.98. The van der Waals surface area contributed by atoms with E-state index < -0.39 is 0 Å². The summed E-state index contributed by atoms with van der Waals surface area (Å²) in [5.74, 6) is 1.05. The molecule has 3 aromatic rings. The topological polar surface area (TPSA) is 64.7 Å². The van der Waals surface area contributed by atoms with Crippen molar-refractivity contribution in [3.63, 3.8) is 0 Å². The Morgan fingerprint density at radius 2 is 2.08 bits per heavy atom. The fourth-order valence-corrected chi connectivity index (χ4v) is 2.82. The number of nitrogens with one attached hydrogen (secondary N) is 1. The maximum absolute atomic E-state index is 12.4. The lowest BCUT2D eigenvalue weighted by molar-refractivity contribution is -0.123. The molecule has 0 aliphatic rings. The molecule has 0 saturated heterocycles. The van der Waals surface area contributed by atoms with Gasteiger partial charge in [0, 0.05) is 25.5 Å². The van der Waals surface area contributed by atoms with Crippen LogP contribution in [-0.2, 0) is 11.3 Å². The highest BCUT2D eigenvalue weighted by Crippen LogP contribution is 2.17. The van der Waals surface area contributed by atoms with Gasteiger partial charge in [0.1, 0.15) is 11.9 Å². The molecule has 0 bridgehead atoms. The second-order valence-corrected chi connectivity index (χ2v) is 5.98. The minimum absolute atomic E-state index is 0.0250. The van der Waals surface area contributed by atoms with Gasteiger partial charge in [0.2, 0.25) is 5.91 Å². The van der Waals surface area contributed by atoms with Gasteiger partial charge < -0.3 is 14.5 Å². The third-order valence-corrected chi connectivity index (χ3v) is 4.33. The minimum Gasteiger partial charge on any atom is -0.354 e. The predicted molar refractivity (Wildman–Crippen MR) is 93.7 cm³/mol. The Morgan fingerprint density at radius 3 is 2.88 bits per heavy atom. The number of carbonyl (C=O) groups excluding carboxylic acids is 1. The van der Waals surface area contributed by atoms with E-state index in [4.69, 9.17) is 0 Å². The van der Waals surface area contributed by atoms with Crippen molar-refractivity contribution in [2.24, 2.45) is 0 Å². The Kier molecular flexibility index (Phi) is 4.93. The van der Waals surface area contributed by atoms with Crippen LogP contribution in [0.3, 0.4) is 0 Å². The SMILES string of the molecule is Cc1nccn1CCCCNC(=O)[C@@H](C)n1cnc2ccccc21. The second kappa shape index (κ2) is 7.29. The van der Waals surface area contributed by atoms with Crippen LogP contribution >= 0.6 is 0 Å². The van der Waals surface area contributed by atoms with E-state index in [-0.39, 0.29) is 11.9 Å².